The topological polar surface area (TPSA) is 99.6 Å². The Hall–Kier alpha value is -3.36. The summed E-state index contributed by atoms with van der Waals surface area (Å²) in [6.07, 6.45) is 0.632. The lowest BCUT2D eigenvalue weighted by atomic mass is 10.0. The molecule has 3 amide bonds. The van der Waals surface area contributed by atoms with Gasteiger partial charge in [0.2, 0.25) is 11.8 Å². The molecule has 5 rings (SSSR count). The molecule has 0 bridgehead atoms. The standard InChI is InChI=1S/C22H26N6O3/c1-12-9-23-19-13(2)25-26(3)21(19)27(12)10-14-4-5-16-15(8-14)11-28(22(16)31)17-6-7-18(29)24-20(17)30/h4-5,8,12,17,23H,6-7,9-11H2,1-3H3,(H,24,29,30). The number of imide groups is 1. The van der Waals surface area contributed by atoms with Crippen molar-refractivity contribution in [2.24, 2.45) is 7.05 Å². The van der Waals surface area contributed by atoms with Gasteiger partial charge in [0, 0.05) is 44.7 Å². The number of nitrogens with one attached hydrogen (secondary N) is 2. The van der Waals surface area contributed by atoms with Crippen molar-refractivity contribution in [3.63, 3.8) is 0 Å². The van der Waals surface area contributed by atoms with Crippen LogP contribution in [-0.4, -0.2) is 51.0 Å². The highest BCUT2D eigenvalue weighted by atomic mass is 16.2. The fraction of sp³-hybridized carbons (Fsp3) is 0.455. The molecule has 9 nitrogen and oxygen atoms in total. The molecule has 1 aromatic carbocycles. The number of carbonyl (C=O) groups excluding carboxylic acids is 3. The molecule has 2 unspecified atom stereocenters. The number of aryl methyl sites for hydroxylation is 2. The van der Waals surface area contributed by atoms with Gasteiger partial charge in [-0.15, -0.1) is 0 Å². The number of hydrogen-bond donors (Lipinski definition) is 2. The van der Waals surface area contributed by atoms with Crippen molar-refractivity contribution < 1.29 is 14.4 Å². The predicted octanol–water partition coefficient (Wildman–Crippen LogP) is 1.31. The fourth-order valence-electron chi connectivity index (χ4n) is 4.90. The van der Waals surface area contributed by atoms with Gasteiger partial charge in [-0.3, -0.25) is 24.4 Å². The molecule has 4 heterocycles. The number of rotatable bonds is 3. The van der Waals surface area contributed by atoms with Gasteiger partial charge in [0.05, 0.1) is 5.69 Å². The molecular formula is C22H26N6O3. The van der Waals surface area contributed by atoms with Crippen molar-refractivity contribution in [3.8, 4) is 0 Å². The Morgan fingerprint density at radius 3 is 2.81 bits per heavy atom. The third-order valence-electron chi connectivity index (χ3n) is 6.51. The highest BCUT2D eigenvalue weighted by molar-refractivity contribution is 6.05. The minimum Gasteiger partial charge on any atom is -0.378 e. The van der Waals surface area contributed by atoms with Crippen molar-refractivity contribution in [1.82, 2.24) is 20.0 Å². The quantitative estimate of drug-likeness (QED) is 0.724. The van der Waals surface area contributed by atoms with Gasteiger partial charge in [0.1, 0.15) is 11.7 Å². The zero-order valence-corrected chi connectivity index (χ0v) is 17.9. The third-order valence-corrected chi connectivity index (χ3v) is 6.51. The van der Waals surface area contributed by atoms with Crippen molar-refractivity contribution in [2.45, 2.75) is 51.9 Å². The van der Waals surface area contributed by atoms with Crippen molar-refractivity contribution in [3.05, 3.63) is 40.6 Å². The molecule has 3 aliphatic heterocycles. The number of benzene rings is 1. The van der Waals surface area contributed by atoms with Crippen LogP contribution in [0.4, 0.5) is 11.5 Å². The predicted molar refractivity (Wildman–Crippen MR) is 115 cm³/mol. The van der Waals surface area contributed by atoms with Crippen molar-refractivity contribution in [1.29, 1.82) is 0 Å². The van der Waals surface area contributed by atoms with E-state index in [4.69, 9.17) is 0 Å². The van der Waals surface area contributed by atoms with E-state index in [0.717, 1.165) is 34.9 Å². The summed E-state index contributed by atoms with van der Waals surface area (Å²) in [4.78, 5) is 40.6. The van der Waals surface area contributed by atoms with E-state index < -0.39 is 6.04 Å². The maximum absolute atomic E-state index is 12.9. The van der Waals surface area contributed by atoms with Crippen LogP contribution in [0, 0.1) is 6.92 Å². The molecule has 2 aromatic rings. The van der Waals surface area contributed by atoms with E-state index in [0.29, 0.717) is 25.1 Å². The van der Waals surface area contributed by atoms with Gasteiger partial charge < -0.3 is 15.1 Å². The molecule has 3 aliphatic rings. The van der Waals surface area contributed by atoms with E-state index in [1.807, 2.05) is 30.8 Å². The van der Waals surface area contributed by atoms with E-state index >= 15 is 0 Å². The maximum Gasteiger partial charge on any atom is 0.255 e. The number of nitrogens with zero attached hydrogens (tertiary/aromatic N) is 4. The van der Waals surface area contributed by atoms with E-state index in [-0.39, 0.29) is 30.2 Å². The summed E-state index contributed by atoms with van der Waals surface area (Å²) >= 11 is 0. The van der Waals surface area contributed by atoms with Gasteiger partial charge in [-0.25, -0.2) is 0 Å². The molecule has 162 valence electrons. The zero-order valence-electron chi connectivity index (χ0n) is 17.9. The summed E-state index contributed by atoms with van der Waals surface area (Å²) in [7, 11) is 1.96. The number of carbonyl (C=O) groups is 3. The smallest absolute Gasteiger partial charge is 0.255 e. The van der Waals surface area contributed by atoms with Gasteiger partial charge in [-0.1, -0.05) is 12.1 Å². The van der Waals surface area contributed by atoms with Crippen molar-refractivity contribution in [2.75, 3.05) is 16.8 Å². The van der Waals surface area contributed by atoms with Crippen LogP contribution in [0.5, 0.6) is 0 Å². The van der Waals surface area contributed by atoms with E-state index in [2.05, 4.69) is 33.6 Å². The maximum atomic E-state index is 12.9. The van der Waals surface area contributed by atoms with Crippen molar-refractivity contribution >= 4 is 29.2 Å². The number of fused-ring (bicyclic) bond motifs is 2. The fourth-order valence-corrected chi connectivity index (χ4v) is 4.90. The molecule has 1 aromatic heterocycles. The minimum absolute atomic E-state index is 0.142. The second-order valence-electron chi connectivity index (χ2n) is 8.66. The van der Waals surface area contributed by atoms with Gasteiger partial charge in [0.15, 0.2) is 5.82 Å². The second-order valence-corrected chi connectivity index (χ2v) is 8.66. The van der Waals surface area contributed by atoms with Crippen LogP contribution < -0.4 is 15.5 Å². The number of hydrogen-bond acceptors (Lipinski definition) is 6. The van der Waals surface area contributed by atoms with E-state index in [1.54, 1.807) is 4.90 Å². The Balaban J connectivity index is 1.39. The lowest BCUT2D eigenvalue weighted by molar-refractivity contribution is -0.136. The summed E-state index contributed by atoms with van der Waals surface area (Å²) in [6.45, 7) is 6.12. The van der Waals surface area contributed by atoms with E-state index in [9.17, 15) is 14.4 Å². The Bertz CT molecular complexity index is 1110. The lowest BCUT2D eigenvalue weighted by Gasteiger charge is -2.36. The molecule has 0 aliphatic carbocycles. The van der Waals surface area contributed by atoms with Crippen LogP contribution in [0.15, 0.2) is 18.2 Å². The second kappa shape index (κ2) is 7.11. The average Bonchev–Trinajstić information content (AvgIpc) is 3.20. The normalized spacial score (nSPS) is 22.9. The molecule has 2 N–H and O–H groups in total. The van der Waals surface area contributed by atoms with Crippen LogP contribution in [0.1, 0.15) is 46.9 Å². The molecular weight excluding hydrogens is 396 g/mol. The largest absolute Gasteiger partial charge is 0.378 e. The van der Waals surface area contributed by atoms with Crippen LogP contribution in [0.25, 0.3) is 0 Å². The first-order valence-corrected chi connectivity index (χ1v) is 10.6. The first kappa shape index (κ1) is 19.6. The van der Waals surface area contributed by atoms with Gasteiger partial charge in [-0.05, 0) is 37.5 Å². The zero-order chi connectivity index (χ0) is 21.9. The van der Waals surface area contributed by atoms with E-state index in [1.165, 1.54) is 0 Å². The molecule has 9 heteroatoms. The number of piperidine rings is 1. The first-order valence-electron chi connectivity index (χ1n) is 10.6. The molecule has 0 radical (unpaired) electrons. The number of aromatic nitrogens is 2. The summed E-state index contributed by atoms with van der Waals surface area (Å²) in [5, 5.41) is 10.4. The summed E-state index contributed by atoms with van der Waals surface area (Å²) < 4.78 is 1.91. The summed E-state index contributed by atoms with van der Waals surface area (Å²) in [5.41, 5.74) is 4.72. The number of amides is 3. The lowest BCUT2D eigenvalue weighted by Crippen LogP contribution is -2.52. The highest BCUT2D eigenvalue weighted by Gasteiger charge is 2.39. The van der Waals surface area contributed by atoms with Gasteiger partial charge in [0.25, 0.3) is 5.91 Å². The Kier molecular flexibility index (Phi) is 4.49. The molecule has 1 saturated heterocycles. The number of anilines is 2. The first-order chi connectivity index (χ1) is 14.8. The van der Waals surface area contributed by atoms with Crippen LogP contribution in [-0.2, 0) is 29.7 Å². The molecule has 0 spiro atoms. The van der Waals surface area contributed by atoms with Crippen LogP contribution in [0.2, 0.25) is 0 Å². The Morgan fingerprint density at radius 2 is 2.03 bits per heavy atom. The Morgan fingerprint density at radius 1 is 1.23 bits per heavy atom. The Labute approximate surface area is 180 Å². The SMILES string of the molecule is Cc1nn(C)c2c1NCC(C)N2Cc1ccc2c(c1)CN(C1CCC(=O)NC1=O)C2=O. The summed E-state index contributed by atoms with van der Waals surface area (Å²) in [5.74, 6) is 0.267. The minimum atomic E-state index is -0.589. The van der Waals surface area contributed by atoms with Gasteiger partial charge >= 0.3 is 0 Å². The molecule has 31 heavy (non-hydrogen) atoms. The third kappa shape index (κ3) is 3.15. The van der Waals surface area contributed by atoms with Crippen LogP contribution in [0.3, 0.4) is 0 Å². The molecule has 1 fully saturated rings. The molecule has 0 saturated carbocycles. The average molecular weight is 422 g/mol. The highest BCUT2D eigenvalue weighted by Crippen LogP contribution is 2.35. The van der Waals surface area contributed by atoms with Crippen LogP contribution >= 0.6 is 0 Å². The monoisotopic (exact) mass is 422 g/mol. The molecule has 2 atom stereocenters. The summed E-state index contributed by atoms with van der Waals surface area (Å²) in [6, 6.07) is 5.62. The van der Waals surface area contributed by atoms with Gasteiger partial charge in [-0.2, -0.15) is 5.10 Å².